The SMILES string of the molecule is Cc1ccc(N2C[C@H](C(=O)Nc3cc(Cl)ccc3Cl)CC2=O)cc1. The Morgan fingerprint density at radius 2 is 1.88 bits per heavy atom. The number of amides is 2. The lowest BCUT2D eigenvalue weighted by molar-refractivity contribution is -0.122. The lowest BCUT2D eigenvalue weighted by atomic mass is 10.1. The Bertz CT molecular complexity index is 790. The summed E-state index contributed by atoms with van der Waals surface area (Å²) in [4.78, 5) is 26.4. The maximum absolute atomic E-state index is 12.5. The molecule has 1 fully saturated rings. The first-order chi connectivity index (χ1) is 11.4. The van der Waals surface area contributed by atoms with E-state index in [1.54, 1.807) is 23.1 Å². The van der Waals surface area contributed by atoms with E-state index in [0.29, 0.717) is 22.3 Å². The number of anilines is 2. The topological polar surface area (TPSA) is 49.4 Å². The maximum Gasteiger partial charge on any atom is 0.229 e. The lowest BCUT2D eigenvalue weighted by Crippen LogP contribution is -2.28. The van der Waals surface area contributed by atoms with Gasteiger partial charge in [0.05, 0.1) is 16.6 Å². The fourth-order valence-electron chi connectivity index (χ4n) is 2.69. The molecule has 4 nitrogen and oxygen atoms in total. The highest BCUT2D eigenvalue weighted by Gasteiger charge is 2.35. The molecule has 0 bridgehead atoms. The van der Waals surface area contributed by atoms with Gasteiger partial charge in [-0.15, -0.1) is 0 Å². The summed E-state index contributed by atoms with van der Waals surface area (Å²) in [5.41, 5.74) is 2.38. The van der Waals surface area contributed by atoms with Crippen molar-refractivity contribution in [1.82, 2.24) is 0 Å². The van der Waals surface area contributed by atoms with Crippen LogP contribution in [-0.2, 0) is 9.59 Å². The van der Waals surface area contributed by atoms with E-state index in [9.17, 15) is 9.59 Å². The molecule has 1 aliphatic rings. The maximum atomic E-state index is 12.5. The summed E-state index contributed by atoms with van der Waals surface area (Å²) >= 11 is 12.0. The second-order valence-corrected chi connectivity index (χ2v) is 6.70. The smallest absolute Gasteiger partial charge is 0.229 e. The highest BCUT2D eigenvalue weighted by Crippen LogP contribution is 2.29. The number of rotatable bonds is 3. The van der Waals surface area contributed by atoms with Gasteiger partial charge in [0.1, 0.15) is 0 Å². The summed E-state index contributed by atoms with van der Waals surface area (Å²) in [6, 6.07) is 12.5. The fraction of sp³-hybridized carbons (Fsp3) is 0.222. The third-order valence-corrected chi connectivity index (χ3v) is 4.59. The molecule has 24 heavy (non-hydrogen) atoms. The minimum absolute atomic E-state index is 0.0591. The molecule has 1 aliphatic heterocycles. The molecule has 1 atom stereocenters. The standard InChI is InChI=1S/C18H16Cl2N2O2/c1-11-2-5-14(6-3-11)22-10-12(8-17(22)23)18(24)21-16-9-13(19)4-7-15(16)20/h2-7,9,12H,8,10H2,1H3,(H,21,24)/t12-/m1/s1. The number of nitrogens with one attached hydrogen (secondary N) is 1. The zero-order valence-electron chi connectivity index (χ0n) is 13.1. The van der Waals surface area contributed by atoms with Gasteiger partial charge in [-0.2, -0.15) is 0 Å². The van der Waals surface area contributed by atoms with Crippen LogP contribution < -0.4 is 10.2 Å². The van der Waals surface area contributed by atoms with E-state index >= 15 is 0 Å². The number of hydrogen-bond acceptors (Lipinski definition) is 2. The summed E-state index contributed by atoms with van der Waals surface area (Å²) in [6.07, 6.45) is 0.178. The first kappa shape index (κ1) is 16.8. The Hall–Kier alpha value is -2.04. The highest BCUT2D eigenvalue weighted by atomic mass is 35.5. The first-order valence-electron chi connectivity index (χ1n) is 7.57. The molecular formula is C18H16Cl2N2O2. The normalized spacial score (nSPS) is 17.2. The number of carbonyl (C=O) groups is 2. The van der Waals surface area contributed by atoms with Crippen LogP contribution in [0, 0.1) is 12.8 Å². The number of nitrogens with zero attached hydrogens (tertiary/aromatic N) is 1. The Balaban J connectivity index is 1.72. The quantitative estimate of drug-likeness (QED) is 0.884. The highest BCUT2D eigenvalue weighted by molar-refractivity contribution is 6.35. The van der Waals surface area contributed by atoms with Gasteiger partial charge in [-0.1, -0.05) is 40.9 Å². The first-order valence-corrected chi connectivity index (χ1v) is 8.32. The molecular weight excluding hydrogens is 347 g/mol. The summed E-state index contributed by atoms with van der Waals surface area (Å²) in [5, 5.41) is 3.65. The van der Waals surface area contributed by atoms with Crippen molar-refractivity contribution in [2.75, 3.05) is 16.8 Å². The second-order valence-electron chi connectivity index (χ2n) is 5.85. The molecule has 6 heteroatoms. The lowest BCUT2D eigenvalue weighted by Gasteiger charge is -2.17. The summed E-state index contributed by atoms with van der Waals surface area (Å²) < 4.78 is 0. The van der Waals surface area contributed by atoms with Crippen LogP contribution in [0.3, 0.4) is 0 Å². The predicted molar refractivity (Wildman–Crippen MR) is 96.7 cm³/mol. The molecule has 0 aliphatic carbocycles. The van der Waals surface area contributed by atoms with E-state index in [2.05, 4.69) is 5.32 Å². The van der Waals surface area contributed by atoms with E-state index in [1.807, 2.05) is 31.2 Å². The van der Waals surface area contributed by atoms with E-state index in [-0.39, 0.29) is 18.2 Å². The van der Waals surface area contributed by atoms with Crippen LogP contribution in [0.1, 0.15) is 12.0 Å². The van der Waals surface area contributed by atoms with Crippen LogP contribution in [0.25, 0.3) is 0 Å². The molecule has 3 rings (SSSR count). The van der Waals surface area contributed by atoms with Gasteiger partial charge in [0.15, 0.2) is 0 Å². The van der Waals surface area contributed by atoms with Crippen molar-refractivity contribution >= 4 is 46.4 Å². The van der Waals surface area contributed by atoms with Gasteiger partial charge in [0.25, 0.3) is 0 Å². The van der Waals surface area contributed by atoms with Crippen molar-refractivity contribution < 1.29 is 9.59 Å². The van der Waals surface area contributed by atoms with E-state index in [0.717, 1.165) is 11.3 Å². The number of carbonyl (C=O) groups excluding carboxylic acids is 2. The molecule has 1 saturated heterocycles. The van der Waals surface area contributed by atoms with Crippen molar-refractivity contribution in [3.05, 3.63) is 58.1 Å². The fourth-order valence-corrected chi connectivity index (χ4v) is 3.02. The Labute approximate surface area is 150 Å². The van der Waals surface area contributed by atoms with Gasteiger partial charge >= 0.3 is 0 Å². The van der Waals surface area contributed by atoms with Crippen molar-refractivity contribution in [1.29, 1.82) is 0 Å². The van der Waals surface area contributed by atoms with Gasteiger partial charge in [0.2, 0.25) is 11.8 Å². The average molecular weight is 363 g/mol. The Kier molecular flexibility index (Phi) is 4.78. The third-order valence-electron chi connectivity index (χ3n) is 4.03. The van der Waals surface area contributed by atoms with Gasteiger partial charge in [0, 0.05) is 23.7 Å². The van der Waals surface area contributed by atoms with Crippen molar-refractivity contribution in [2.24, 2.45) is 5.92 Å². The molecule has 124 valence electrons. The van der Waals surface area contributed by atoms with E-state index in [4.69, 9.17) is 23.2 Å². The zero-order chi connectivity index (χ0) is 17.3. The second kappa shape index (κ2) is 6.83. The molecule has 1 heterocycles. The zero-order valence-corrected chi connectivity index (χ0v) is 14.6. The van der Waals surface area contributed by atoms with Gasteiger partial charge < -0.3 is 10.2 Å². The number of hydrogen-bond donors (Lipinski definition) is 1. The van der Waals surface area contributed by atoms with Crippen LogP contribution in [-0.4, -0.2) is 18.4 Å². The largest absolute Gasteiger partial charge is 0.324 e. The summed E-state index contributed by atoms with van der Waals surface area (Å²) in [5.74, 6) is -0.716. The molecule has 2 aromatic carbocycles. The van der Waals surface area contributed by atoms with Crippen LogP contribution in [0.4, 0.5) is 11.4 Å². The van der Waals surface area contributed by atoms with Crippen LogP contribution in [0.15, 0.2) is 42.5 Å². The molecule has 0 spiro atoms. The number of halogens is 2. The van der Waals surface area contributed by atoms with E-state index in [1.165, 1.54) is 0 Å². The number of aryl methyl sites for hydroxylation is 1. The molecule has 0 saturated carbocycles. The van der Waals surface area contributed by atoms with Crippen LogP contribution in [0.2, 0.25) is 10.0 Å². The van der Waals surface area contributed by atoms with Crippen molar-refractivity contribution in [3.8, 4) is 0 Å². The summed E-state index contributed by atoms with van der Waals surface area (Å²) in [6.45, 7) is 2.34. The van der Waals surface area contributed by atoms with Crippen molar-refractivity contribution in [3.63, 3.8) is 0 Å². The minimum Gasteiger partial charge on any atom is -0.324 e. The summed E-state index contributed by atoms with van der Waals surface area (Å²) in [7, 11) is 0. The van der Waals surface area contributed by atoms with Gasteiger partial charge in [-0.3, -0.25) is 9.59 Å². The predicted octanol–water partition coefficient (Wildman–Crippen LogP) is 4.29. The average Bonchev–Trinajstić information content (AvgIpc) is 2.94. The third kappa shape index (κ3) is 3.55. The molecule has 1 N–H and O–H groups in total. The van der Waals surface area contributed by atoms with Crippen molar-refractivity contribution in [2.45, 2.75) is 13.3 Å². The molecule has 0 radical (unpaired) electrons. The van der Waals surface area contributed by atoms with Gasteiger partial charge in [-0.05, 0) is 37.3 Å². The number of benzene rings is 2. The molecule has 0 unspecified atom stereocenters. The molecule has 2 aromatic rings. The van der Waals surface area contributed by atoms with Gasteiger partial charge in [-0.25, -0.2) is 0 Å². The van der Waals surface area contributed by atoms with E-state index < -0.39 is 5.92 Å². The van der Waals surface area contributed by atoms with Crippen LogP contribution in [0.5, 0.6) is 0 Å². The monoisotopic (exact) mass is 362 g/mol. The Morgan fingerprint density at radius 1 is 1.17 bits per heavy atom. The minimum atomic E-state index is -0.422. The molecule has 0 aromatic heterocycles. The Morgan fingerprint density at radius 3 is 2.58 bits per heavy atom. The molecule has 2 amide bonds. The van der Waals surface area contributed by atoms with Crippen LogP contribution >= 0.6 is 23.2 Å².